The SMILES string of the molecule is COc1ccc(C#N)c(Oc2cc(Cl)ccc2C)c1. The molecule has 0 aliphatic heterocycles. The zero-order valence-electron chi connectivity index (χ0n) is 10.6. The van der Waals surface area contributed by atoms with Crippen molar-refractivity contribution < 1.29 is 9.47 Å². The first kappa shape index (κ1) is 13.3. The van der Waals surface area contributed by atoms with Gasteiger partial charge in [-0.3, -0.25) is 0 Å². The van der Waals surface area contributed by atoms with Crippen LogP contribution in [0.15, 0.2) is 36.4 Å². The second-order valence-electron chi connectivity index (χ2n) is 3.99. The van der Waals surface area contributed by atoms with Crippen molar-refractivity contribution in [3.05, 3.63) is 52.5 Å². The van der Waals surface area contributed by atoms with Gasteiger partial charge in [0.15, 0.2) is 0 Å². The van der Waals surface area contributed by atoms with Crippen LogP contribution >= 0.6 is 11.6 Å². The van der Waals surface area contributed by atoms with E-state index in [2.05, 4.69) is 6.07 Å². The summed E-state index contributed by atoms with van der Waals surface area (Å²) in [6, 6.07) is 12.5. The van der Waals surface area contributed by atoms with Crippen LogP contribution in [0.2, 0.25) is 5.02 Å². The topological polar surface area (TPSA) is 42.2 Å². The van der Waals surface area contributed by atoms with Crippen LogP contribution < -0.4 is 9.47 Å². The van der Waals surface area contributed by atoms with Gasteiger partial charge >= 0.3 is 0 Å². The number of benzene rings is 2. The molecule has 2 aromatic carbocycles. The molecule has 0 N–H and O–H groups in total. The molecule has 19 heavy (non-hydrogen) atoms. The first-order chi connectivity index (χ1) is 9.13. The Balaban J connectivity index is 2.42. The normalized spacial score (nSPS) is 9.79. The summed E-state index contributed by atoms with van der Waals surface area (Å²) in [5.41, 5.74) is 1.39. The fourth-order valence-corrected chi connectivity index (χ4v) is 1.77. The third kappa shape index (κ3) is 2.98. The van der Waals surface area contributed by atoms with Crippen LogP contribution in [0.1, 0.15) is 11.1 Å². The lowest BCUT2D eigenvalue weighted by Gasteiger charge is -2.11. The molecule has 0 unspecified atom stereocenters. The van der Waals surface area contributed by atoms with Gasteiger partial charge in [0.05, 0.1) is 12.7 Å². The molecule has 2 aromatic rings. The van der Waals surface area contributed by atoms with Crippen LogP contribution in [0.5, 0.6) is 17.2 Å². The molecule has 0 amide bonds. The standard InChI is InChI=1S/C15H12ClNO2/c1-10-3-5-12(16)7-14(10)19-15-8-13(18-2)6-4-11(15)9-17/h3-8H,1-2H3. The van der Waals surface area contributed by atoms with Crippen LogP contribution in [0.25, 0.3) is 0 Å². The van der Waals surface area contributed by atoms with Crippen molar-refractivity contribution in [2.24, 2.45) is 0 Å². The quantitative estimate of drug-likeness (QED) is 0.836. The van der Waals surface area contributed by atoms with Crippen molar-refractivity contribution in [1.29, 1.82) is 5.26 Å². The molecular formula is C15H12ClNO2. The van der Waals surface area contributed by atoms with Crippen molar-refractivity contribution in [2.45, 2.75) is 6.92 Å². The fraction of sp³-hybridized carbons (Fsp3) is 0.133. The highest BCUT2D eigenvalue weighted by molar-refractivity contribution is 6.30. The minimum absolute atomic E-state index is 0.445. The predicted molar refractivity (Wildman–Crippen MR) is 74.0 cm³/mol. The van der Waals surface area contributed by atoms with E-state index in [-0.39, 0.29) is 0 Å². The summed E-state index contributed by atoms with van der Waals surface area (Å²) < 4.78 is 10.9. The maximum Gasteiger partial charge on any atom is 0.148 e. The lowest BCUT2D eigenvalue weighted by molar-refractivity contribution is 0.408. The first-order valence-electron chi connectivity index (χ1n) is 5.66. The molecule has 2 rings (SSSR count). The number of aryl methyl sites for hydroxylation is 1. The van der Waals surface area contributed by atoms with E-state index in [1.165, 1.54) is 0 Å². The molecule has 0 aliphatic carbocycles. The molecule has 3 nitrogen and oxygen atoms in total. The second kappa shape index (κ2) is 5.64. The zero-order valence-corrected chi connectivity index (χ0v) is 11.4. The van der Waals surface area contributed by atoms with Gasteiger partial charge in [-0.2, -0.15) is 5.26 Å². The summed E-state index contributed by atoms with van der Waals surface area (Å²) >= 11 is 5.95. The Morgan fingerprint density at radius 3 is 2.58 bits per heavy atom. The Morgan fingerprint density at radius 1 is 1.11 bits per heavy atom. The molecule has 0 spiro atoms. The Bertz CT molecular complexity index is 647. The minimum Gasteiger partial charge on any atom is -0.497 e. The van der Waals surface area contributed by atoms with Gasteiger partial charge in [0.2, 0.25) is 0 Å². The summed E-state index contributed by atoms with van der Waals surface area (Å²) in [4.78, 5) is 0. The molecule has 0 saturated carbocycles. The Labute approximate surface area is 117 Å². The second-order valence-corrected chi connectivity index (χ2v) is 4.42. The highest BCUT2D eigenvalue weighted by Crippen LogP contribution is 2.32. The van der Waals surface area contributed by atoms with Gasteiger partial charge in [-0.05, 0) is 36.8 Å². The summed E-state index contributed by atoms with van der Waals surface area (Å²) in [5, 5.41) is 9.67. The number of methoxy groups -OCH3 is 1. The average molecular weight is 274 g/mol. The zero-order chi connectivity index (χ0) is 13.8. The van der Waals surface area contributed by atoms with Gasteiger partial charge in [0, 0.05) is 11.1 Å². The molecule has 96 valence electrons. The van der Waals surface area contributed by atoms with Crippen molar-refractivity contribution in [3.63, 3.8) is 0 Å². The molecule has 0 fully saturated rings. The molecule has 0 aromatic heterocycles. The van der Waals surface area contributed by atoms with Crippen LogP contribution in [-0.2, 0) is 0 Å². The predicted octanol–water partition coefficient (Wildman–Crippen LogP) is 4.32. The summed E-state index contributed by atoms with van der Waals surface area (Å²) in [6.45, 7) is 1.91. The van der Waals surface area contributed by atoms with Crippen LogP contribution in [-0.4, -0.2) is 7.11 Å². The van der Waals surface area contributed by atoms with Gasteiger partial charge in [-0.25, -0.2) is 0 Å². The van der Waals surface area contributed by atoms with E-state index in [0.29, 0.717) is 27.8 Å². The Morgan fingerprint density at radius 2 is 1.89 bits per heavy atom. The molecular weight excluding hydrogens is 262 g/mol. The minimum atomic E-state index is 0.445. The molecule has 4 heteroatoms. The Kier molecular flexibility index (Phi) is 3.94. The van der Waals surface area contributed by atoms with Crippen LogP contribution in [0.4, 0.5) is 0 Å². The van der Waals surface area contributed by atoms with Crippen LogP contribution in [0.3, 0.4) is 0 Å². The van der Waals surface area contributed by atoms with Gasteiger partial charge < -0.3 is 9.47 Å². The summed E-state index contributed by atoms with van der Waals surface area (Å²) in [5.74, 6) is 1.71. The highest BCUT2D eigenvalue weighted by Gasteiger charge is 2.09. The van der Waals surface area contributed by atoms with Crippen molar-refractivity contribution in [2.75, 3.05) is 7.11 Å². The first-order valence-corrected chi connectivity index (χ1v) is 6.04. The monoisotopic (exact) mass is 273 g/mol. The van der Waals surface area contributed by atoms with Gasteiger partial charge in [-0.1, -0.05) is 17.7 Å². The third-order valence-electron chi connectivity index (χ3n) is 2.68. The van der Waals surface area contributed by atoms with Crippen LogP contribution in [0, 0.1) is 18.3 Å². The van der Waals surface area contributed by atoms with Gasteiger partial charge in [-0.15, -0.1) is 0 Å². The number of nitriles is 1. The number of nitrogens with zero attached hydrogens (tertiary/aromatic N) is 1. The molecule has 0 saturated heterocycles. The van der Waals surface area contributed by atoms with E-state index >= 15 is 0 Å². The van der Waals surface area contributed by atoms with Crippen molar-refractivity contribution >= 4 is 11.6 Å². The number of rotatable bonds is 3. The molecule has 0 heterocycles. The summed E-state index contributed by atoms with van der Waals surface area (Å²) in [6.07, 6.45) is 0. The summed E-state index contributed by atoms with van der Waals surface area (Å²) in [7, 11) is 1.57. The van der Waals surface area contributed by atoms with E-state index in [4.69, 9.17) is 26.3 Å². The Hall–Kier alpha value is -2.18. The number of hydrogen-bond donors (Lipinski definition) is 0. The lowest BCUT2D eigenvalue weighted by Crippen LogP contribution is -1.92. The lowest BCUT2D eigenvalue weighted by atomic mass is 10.2. The highest BCUT2D eigenvalue weighted by atomic mass is 35.5. The van der Waals surface area contributed by atoms with E-state index in [1.54, 1.807) is 37.4 Å². The number of halogens is 1. The molecule has 0 aliphatic rings. The van der Waals surface area contributed by atoms with E-state index < -0.39 is 0 Å². The van der Waals surface area contributed by atoms with E-state index in [9.17, 15) is 0 Å². The van der Waals surface area contributed by atoms with Crippen molar-refractivity contribution in [3.8, 4) is 23.3 Å². The third-order valence-corrected chi connectivity index (χ3v) is 2.91. The van der Waals surface area contributed by atoms with Gasteiger partial charge in [0.1, 0.15) is 23.3 Å². The average Bonchev–Trinajstić information content (AvgIpc) is 2.42. The van der Waals surface area contributed by atoms with E-state index in [0.717, 1.165) is 5.56 Å². The van der Waals surface area contributed by atoms with Crippen molar-refractivity contribution in [1.82, 2.24) is 0 Å². The van der Waals surface area contributed by atoms with Gasteiger partial charge in [0.25, 0.3) is 0 Å². The molecule has 0 radical (unpaired) electrons. The molecule has 0 bridgehead atoms. The number of ether oxygens (including phenoxy) is 2. The van der Waals surface area contributed by atoms with E-state index in [1.807, 2.05) is 13.0 Å². The molecule has 0 atom stereocenters. The fourth-order valence-electron chi connectivity index (χ4n) is 1.61. The largest absolute Gasteiger partial charge is 0.497 e. The number of hydrogen-bond acceptors (Lipinski definition) is 3. The maximum atomic E-state index is 9.09. The maximum absolute atomic E-state index is 9.09. The smallest absolute Gasteiger partial charge is 0.148 e.